The van der Waals surface area contributed by atoms with E-state index in [0.717, 1.165) is 32.5 Å². The lowest BCUT2D eigenvalue weighted by Gasteiger charge is -2.34. The van der Waals surface area contributed by atoms with Gasteiger partial charge in [0.1, 0.15) is 6.10 Å². The number of amides is 1. The van der Waals surface area contributed by atoms with Gasteiger partial charge in [0.25, 0.3) is 5.91 Å². The van der Waals surface area contributed by atoms with E-state index in [9.17, 15) is 18.0 Å². The van der Waals surface area contributed by atoms with E-state index < -0.39 is 12.1 Å². The summed E-state index contributed by atoms with van der Waals surface area (Å²) in [6, 6.07) is 8.56. The number of hydrogen-bond acceptors (Lipinski definition) is 4. The fourth-order valence-corrected chi connectivity index (χ4v) is 3.61. The van der Waals surface area contributed by atoms with Crippen LogP contribution < -0.4 is 0 Å². The minimum atomic E-state index is -5.08. The van der Waals surface area contributed by atoms with Crippen molar-refractivity contribution in [3.05, 3.63) is 35.4 Å². The van der Waals surface area contributed by atoms with Gasteiger partial charge in [-0.3, -0.25) is 9.69 Å². The van der Waals surface area contributed by atoms with E-state index in [4.69, 9.17) is 14.6 Å². The number of benzene rings is 1. The van der Waals surface area contributed by atoms with Crippen LogP contribution in [0.4, 0.5) is 13.2 Å². The fourth-order valence-electron chi connectivity index (χ4n) is 3.61. The lowest BCUT2D eigenvalue weighted by molar-refractivity contribution is -0.192. The number of fused-ring (bicyclic) bond motifs is 1. The maximum absolute atomic E-state index is 12.1. The van der Waals surface area contributed by atoms with Crippen LogP contribution in [0.25, 0.3) is 0 Å². The Morgan fingerprint density at radius 1 is 1.28 bits per heavy atom. The Kier molecular flexibility index (Phi) is 7.65. The number of hydrogen-bond donors (Lipinski definition) is 1. The lowest BCUT2D eigenvalue weighted by atomic mass is 9.91. The molecular weight excluding hydrogens is 389 g/mol. The van der Waals surface area contributed by atoms with Crippen LogP contribution in [0.15, 0.2) is 24.3 Å². The molecule has 2 heterocycles. The van der Waals surface area contributed by atoms with Crippen molar-refractivity contribution < 1.29 is 32.6 Å². The Balaban J connectivity index is 0.000000370. The number of aryl methyl sites for hydroxylation is 1. The molecule has 0 saturated carbocycles. The van der Waals surface area contributed by atoms with E-state index in [-0.39, 0.29) is 18.1 Å². The van der Waals surface area contributed by atoms with Gasteiger partial charge in [-0.15, -0.1) is 0 Å². The summed E-state index contributed by atoms with van der Waals surface area (Å²) in [6.07, 6.45) is -3.08. The van der Waals surface area contributed by atoms with Gasteiger partial charge in [0.15, 0.2) is 0 Å². The van der Waals surface area contributed by atoms with Crippen LogP contribution >= 0.6 is 0 Å². The third-order valence-corrected chi connectivity index (χ3v) is 5.25. The molecule has 0 aliphatic carbocycles. The molecule has 2 fully saturated rings. The van der Waals surface area contributed by atoms with E-state index in [1.54, 1.807) is 19.0 Å². The number of rotatable bonds is 3. The number of piperidine rings is 1. The van der Waals surface area contributed by atoms with Crippen molar-refractivity contribution in [1.29, 1.82) is 0 Å². The summed E-state index contributed by atoms with van der Waals surface area (Å²) in [7, 11) is 3.61. The van der Waals surface area contributed by atoms with Crippen molar-refractivity contribution in [2.75, 3.05) is 27.2 Å². The second-order valence-corrected chi connectivity index (χ2v) is 7.64. The molecule has 1 aromatic carbocycles. The maximum Gasteiger partial charge on any atom is 0.490 e. The van der Waals surface area contributed by atoms with Crippen molar-refractivity contribution in [3.8, 4) is 0 Å². The zero-order valence-electron chi connectivity index (χ0n) is 16.8. The first-order valence-electron chi connectivity index (χ1n) is 9.42. The third-order valence-electron chi connectivity index (χ3n) is 5.25. The number of halogens is 3. The number of carboxylic acids is 1. The number of ether oxygens (including phenoxy) is 1. The molecule has 1 amide bonds. The predicted octanol–water partition coefficient (Wildman–Crippen LogP) is 2.70. The maximum atomic E-state index is 12.1. The van der Waals surface area contributed by atoms with Crippen molar-refractivity contribution in [1.82, 2.24) is 9.80 Å². The molecule has 6 nitrogen and oxygen atoms in total. The SMILES string of the molecule is Cc1ccccc1CN1CC[C@H]2C[C@H](C(=O)N(C)C)O[C@H]2C1.O=C(O)C(F)(F)F. The molecule has 0 aromatic heterocycles. The molecule has 162 valence electrons. The van der Waals surface area contributed by atoms with Crippen molar-refractivity contribution in [3.63, 3.8) is 0 Å². The second kappa shape index (κ2) is 9.58. The minimum Gasteiger partial charge on any atom is -0.475 e. The monoisotopic (exact) mass is 416 g/mol. The number of carbonyl (C=O) groups excluding carboxylic acids is 1. The van der Waals surface area contributed by atoms with Gasteiger partial charge in [0.05, 0.1) is 6.10 Å². The number of likely N-dealkylation sites (tertiary alicyclic amines) is 1. The zero-order chi connectivity index (χ0) is 21.8. The van der Waals surface area contributed by atoms with Crippen LogP contribution in [0.5, 0.6) is 0 Å². The second-order valence-electron chi connectivity index (χ2n) is 7.64. The summed E-state index contributed by atoms with van der Waals surface area (Å²) >= 11 is 0. The number of likely N-dealkylation sites (N-methyl/N-ethyl adjacent to an activating group) is 1. The molecule has 0 unspecified atom stereocenters. The molecule has 9 heteroatoms. The summed E-state index contributed by atoms with van der Waals surface area (Å²) < 4.78 is 37.8. The Labute approximate surface area is 168 Å². The highest BCUT2D eigenvalue weighted by Crippen LogP contribution is 2.34. The highest BCUT2D eigenvalue weighted by molar-refractivity contribution is 5.80. The number of aliphatic carboxylic acids is 1. The topological polar surface area (TPSA) is 70.1 Å². The average molecular weight is 416 g/mol. The summed E-state index contributed by atoms with van der Waals surface area (Å²) in [6.45, 7) is 5.18. The van der Waals surface area contributed by atoms with E-state index >= 15 is 0 Å². The van der Waals surface area contributed by atoms with Crippen molar-refractivity contribution in [2.24, 2.45) is 5.92 Å². The van der Waals surface area contributed by atoms with E-state index in [1.807, 2.05) is 0 Å². The number of nitrogens with zero attached hydrogens (tertiary/aromatic N) is 2. The third kappa shape index (κ3) is 6.43. The first kappa shape index (κ1) is 23.2. The van der Waals surface area contributed by atoms with Crippen LogP contribution in [-0.2, 0) is 20.9 Å². The molecule has 2 saturated heterocycles. The molecule has 0 bridgehead atoms. The quantitative estimate of drug-likeness (QED) is 0.821. The highest BCUT2D eigenvalue weighted by Gasteiger charge is 2.42. The molecule has 1 aromatic rings. The van der Waals surface area contributed by atoms with Gasteiger partial charge in [-0.1, -0.05) is 24.3 Å². The van der Waals surface area contributed by atoms with Gasteiger partial charge >= 0.3 is 12.1 Å². The lowest BCUT2D eigenvalue weighted by Crippen LogP contribution is -2.42. The fraction of sp³-hybridized carbons (Fsp3) is 0.600. The molecular formula is C20H27F3N2O4. The van der Waals surface area contributed by atoms with Crippen LogP contribution in [0, 0.1) is 12.8 Å². The van der Waals surface area contributed by atoms with Gasteiger partial charge in [-0.2, -0.15) is 13.2 Å². The standard InChI is InChI=1S/C18H26N2O2.C2HF3O2/c1-13-6-4-5-7-15(13)11-20-9-8-14-10-16(18(21)19(2)3)22-17(14)12-20;3-2(4,5)1(6)7/h4-7,14,16-17H,8-12H2,1-3H3;(H,6,7)/t14-,16+,17-;/m0./s1. The summed E-state index contributed by atoms with van der Waals surface area (Å²) in [4.78, 5) is 25.1. The molecule has 2 aliphatic heterocycles. The Bertz CT molecular complexity index is 724. The smallest absolute Gasteiger partial charge is 0.475 e. The zero-order valence-corrected chi connectivity index (χ0v) is 16.8. The first-order chi connectivity index (χ1) is 13.5. The number of carbonyl (C=O) groups is 2. The number of carboxylic acid groups (broad SMARTS) is 1. The van der Waals surface area contributed by atoms with E-state index in [2.05, 4.69) is 36.1 Å². The normalized spacial score (nSPS) is 24.3. The average Bonchev–Trinajstić information content (AvgIpc) is 3.06. The predicted molar refractivity (Wildman–Crippen MR) is 100 cm³/mol. The van der Waals surface area contributed by atoms with Gasteiger partial charge in [0.2, 0.25) is 0 Å². The Morgan fingerprint density at radius 2 is 1.90 bits per heavy atom. The van der Waals surface area contributed by atoms with Gasteiger partial charge in [0, 0.05) is 27.2 Å². The van der Waals surface area contributed by atoms with Crippen LogP contribution in [0.1, 0.15) is 24.0 Å². The summed E-state index contributed by atoms with van der Waals surface area (Å²) in [5.41, 5.74) is 2.73. The van der Waals surface area contributed by atoms with Crippen molar-refractivity contribution >= 4 is 11.9 Å². The number of alkyl halides is 3. The van der Waals surface area contributed by atoms with Gasteiger partial charge in [-0.25, -0.2) is 4.79 Å². The molecule has 3 rings (SSSR count). The minimum absolute atomic E-state index is 0.111. The Hall–Kier alpha value is -2.13. The molecule has 0 radical (unpaired) electrons. The van der Waals surface area contributed by atoms with Gasteiger partial charge in [-0.05, 0) is 43.4 Å². The van der Waals surface area contributed by atoms with Crippen LogP contribution in [0.3, 0.4) is 0 Å². The van der Waals surface area contributed by atoms with Crippen molar-refractivity contribution in [2.45, 2.75) is 44.7 Å². The first-order valence-corrected chi connectivity index (χ1v) is 9.42. The highest BCUT2D eigenvalue weighted by atomic mass is 19.4. The van der Waals surface area contributed by atoms with Crippen LogP contribution in [0.2, 0.25) is 0 Å². The van der Waals surface area contributed by atoms with E-state index in [0.29, 0.717) is 5.92 Å². The summed E-state index contributed by atoms with van der Waals surface area (Å²) in [5, 5.41) is 7.12. The van der Waals surface area contributed by atoms with E-state index in [1.165, 1.54) is 11.1 Å². The molecule has 0 spiro atoms. The molecule has 2 aliphatic rings. The Morgan fingerprint density at radius 3 is 2.45 bits per heavy atom. The largest absolute Gasteiger partial charge is 0.490 e. The van der Waals surface area contributed by atoms with Crippen LogP contribution in [-0.4, -0.2) is 72.4 Å². The molecule has 29 heavy (non-hydrogen) atoms. The molecule has 1 N–H and O–H groups in total. The summed E-state index contributed by atoms with van der Waals surface area (Å²) in [5.74, 6) is -2.10. The molecule has 3 atom stereocenters. The van der Waals surface area contributed by atoms with Gasteiger partial charge < -0.3 is 14.7 Å².